The van der Waals surface area contributed by atoms with Gasteiger partial charge in [0.25, 0.3) is 0 Å². The molecule has 0 aliphatic heterocycles. The van der Waals surface area contributed by atoms with Gasteiger partial charge in [0, 0.05) is 12.0 Å². The number of aliphatic carboxylic acids is 1. The van der Waals surface area contributed by atoms with Crippen LogP contribution in [0.1, 0.15) is 72.8 Å². The molecule has 172 valence electrons. The van der Waals surface area contributed by atoms with Gasteiger partial charge in [0.05, 0.1) is 5.92 Å². The molecule has 0 saturated heterocycles. The predicted octanol–water partition coefficient (Wildman–Crippen LogP) is 6.25. The van der Waals surface area contributed by atoms with E-state index in [2.05, 4.69) is 67.7 Å². The molecule has 0 heterocycles. The first-order chi connectivity index (χ1) is 14.5. The third-order valence-electron chi connectivity index (χ3n) is 5.30. The quantitative estimate of drug-likeness (QED) is 0.537. The van der Waals surface area contributed by atoms with Crippen molar-refractivity contribution in [3.63, 3.8) is 0 Å². The molecule has 2 atom stereocenters. The Hall–Kier alpha value is -2.56. The normalized spacial score (nSPS) is 18.8. The number of alkyl carbamates (subject to hydrolysis) is 1. The second-order valence-electron chi connectivity index (χ2n) is 9.11. The average Bonchev–Trinajstić information content (AvgIpc) is 2.71. The van der Waals surface area contributed by atoms with Gasteiger partial charge in [0.15, 0.2) is 0 Å². The van der Waals surface area contributed by atoms with Crippen LogP contribution in [0.15, 0.2) is 54.1 Å². The summed E-state index contributed by atoms with van der Waals surface area (Å²) in [6.45, 7) is 12.0. The first-order valence-corrected chi connectivity index (χ1v) is 11.1. The number of nitrogens with one attached hydrogen (secondary N) is 1. The number of allylic oxidation sites excluding steroid dienone is 4. The van der Waals surface area contributed by atoms with Crippen molar-refractivity contribution in [3.8, 4) is 0 Å². The molecule has 5 nitrogen and oxygen atoms in total. The fourth-order valence-electron chi connectivity index (χ4n) is 3.23. The van der Waals surface area contributed by atoms with Crippen LogP contribution in [-0.2, 0) is 14.9 Å². The third kappa shape index (κ3) is 9.86. The van der Waals surface area contributed by atoms with E-state index < -0.39 is 23.6 Å². The lowest BCUT2D eigenvalue weighted by Crippen LogP contribution is -2.34. The Morgan fingerprint density at radius 3 is 2.29 bits per heavy atom. The zero-order chi connectivity index (χ0) is 23.5. The molecule has 1 aromatic carbocycles. The predicted molar refractivity (Wildman–Crippen MR) is 126 cm³/mol. The van der Waals surface area contributed by atoms with E-state index in [9.17, 15) is 9.59 Å². The second-order valence-corrected chi connectivity index (χ2v) is 9.11. The Bertz CT molecular complexity index is 761. The van der Waals surface area contributed by atoms with Gasteiger partial charge < -0.3 is 15.2 Å². The highest BCUT2D eigenvalue weighted by Crippen LogP contribution is 2.33. The molecule has 2 unspecified atom stereocenters. The topological polar surface area (TPSA) is 75.6 Å². The molecule has 1 aromatic rings. The first-order valence-electron chi connectivity index (χ1n) is 11.1. The number of carbonyl (C=O) groups excluding carboxylic acids is 1. The zero-order valence-corrected chi connectivity index (χ0v) is 19.9. The standard InChI is InChI=1S/C15H18.C11H21NO4/c1-3-13-9-11-15(2,12-10-13)14-7-5-4-6-8-14;1-5-8(9(13)14)6-7-12-10(15)16-11(2,3)4/h4-11H,3,12H2,1-2H3;8H,5-7H2,1-4H3,(H,12,15)(H,13,14). The average molecular weight is 430 g/mol. The fraction of sp³-hybridized carbons (Fsp3) is 0.538. The number of hydrogen-bond acceptors (Lipinski definition) is 3. The maximum Gasteiger partial charge on any atom is 0.407 e. The van der Waals surface area contributed by atoms with Crippen molar-refractivity contribution in [1.29, 1.82) is 0 Å². The summed E-state index contributed by atoms with van der Waals surface area (Å²) in [7, 11) is 0. The van der Waals surface area contributed by atoms with Gasteiger partial charge in [-0.2, -0.15) is 0 Å². The van der Waals surface area contributed by atoms with Crippen LogP contribution in [0.3, 0.4) is 0 Å². The van der Waals surface area contributed by atoms with E-state index in [0.29, 0.717) is 19.4 Å². The number of carbonyl (C=O) groups is 2. The van der Waals surface area contributed by atoms with Gasteiger partial charge in [0.2, 0.25) is 0 Å². The molecule has 0 aromatic heterocycles. The van der Waals surface area contributed by atoms with E-state index in [1.165, 1.54) is 11.1 Å². The van der Waals surface area contributed by atoms with Gasteiger partial charge in [-0.25, -0.2) is 4.79 Å². The monoisotopic (exact) mass is 429 g/mol. The van der Waals surface area contributed by atoms with Gasteiger partial charge in [0.1, 0.15) is 5.60 Å². The molecule has 1 amide bonds. The summed E-state index contributed by atoms with van der Waals surface area (Å²) in [5.41, 5.74) is 2.54. The summed E-state index contributed by atoms with van der Waals surface area (Å²) in [6.07, 6.45) is 9.73. The fourth-order valence-corrected chi connectivity index (χ4v) is 3.23. The lowest BCUT2D eigenvalue weighted by Gasteiger charge is -2.28. The van der Waals surface area contributed by atoms with Crippen molar-refractivity contribution in [3.05, 3.63) is 59.7 Å². The summed E-state index contributed by atoms with van der Waals surface area (Å²) < 4.78 is 5.02. The Morgan fingerprint density at radius 2 is 1.84 bits per heavy atom. The molecule has 5 heteroatoms. The number of hydrogen-bond donors (Lipinski definition) is 2. The number of benzene rings is 1. The molecule has 0 radical (unpaired) electrons. The highest BCUT2D eigenvalue weighted by atomic mass is 16.6. The van der Waals surface area contributed by atoms with Crippen LogP contribution in [-0.4, -0.2) is 29.3 Å². The van der Waals surface area contributed by atoms with Crippen molar-refractivity contribution in [2.75, 3.05) is 6.54 Å². The van der Waals surface area contributed by atoms with Gasteiger partial charge in [-0.3, -0.25) is 4.79 Å². The minimum absolute atomic E-state index is 0.194. The summed E-state index contributed by atoms with van der Waals surface area (Å²) in [5, 5.41) is 11.3. The lowest BCUT2D eigenvalue weighted by atomic mass is 9.76. The van der Waals surface area contributed by atoms with Gasteiger partial charge in [-0.05, 0) is 52.0 Å². The molecule has 2 rings (SSSR count). The van der Waals surface area contributed by atoms with E-state index in [1.54, 1.807) is 20.8 Å². The van der Waals surface area contributed by atoms with E-state index in [-0.39, 0.29) is 5.41 Å². The molecule has 31 heavy (non-hydrogen) atoms. The van der Waals surface area contributed by atoms with Gasteiger partial charge >= 0.3 is 12.1 Å². The smallest absolute Gasteiger partial charge is 0.407 e. The van der Waals surface area contributed by atoms with E-state index in [1.807, 2.05) is 6.92 Å². The lowest BCUT2D eigenvalue weighted by molar-refractivity contribution is -0.142. The molecule has 0 bridgehead atoms. The Balaban J connectivity index is 0.000000310. The molecule has 0 saturated carbocycles. The molecular weight excluding hydrogens is 390 g/mol. The van der Waals surface area contributed by atoms with Crippen LogP contribution < -0.4 is 5.32 Å². The maximum absolute atomic E-state index is 11.2. The number of ether oxygens (including phenoxy) is 1. The third-order valence-corrected chi connectivity index (χ3v) is 5.30. The molecular formula is C26H39NO4. The van der Waals surface area contributed by atoms with Gasteiger partial charge in [-0.1, -0.05) is 74.9 Å². The van der Waals surface area contributed by atoms with Gasteiger partial charge in [-0.15, -0.1) is 0 Å². The zero-order valence-electron chi connectivity index (χ0n) is 19.9. The first kappa shape index (κ1) is 26.5. The van der Waals surface area contributed by atoms with Crippen LogP contribution in [0.25, 0.3) is 0 Å². The summed E-state index contributed by atoms with van der Waals surface area (Å²) in [5.74, 6) is -1.23. The van der Waals surface area contributed by atoms with Crippen molar-refractivity contribution in [1.82, 2.24) is 5.32 Å². The highest BCUT2D eigenvalue weighted by Gasteiger charge is 2.24. The molecule has 0 spiro atoms. The number of rotatable bonds is 7. The van der Waals surface area contributed by atoms with E-state index in [4.69, 9.17) is 9.84 Å². The van der Waals surface area contributed by atoms with Crippen molar-refractivity contribution in [2.24, 2.45) is 5.92 Å². The van der Waals surface area contributed by atoms with Crippen LogP contribution in [0.2, 0.25) is 0 Å². The molecule has 1 aliphatic rings. The van der Waals surface area contributed by atoms with E-state index in [0.717, 1.165) is 12.8 Å². The number of carboxylic acids is 1. The summed E-state index contributed by atoms with van der Waals surface area (Å²) in [4.78, 5) is 21.9. The van der Waals surface area contributed by atoms with Crippen LogP contribution >= 0.6 is 0 Å². The largest absolute Gasteiger partial charge is 0.481 e. The Morgan fingerprint density at radius 1 is 1.19 bits per heavy atom. The molecule has 1 aliphatic carbocycles. The van der Waals surface area contributed by atoms with Crippen LogP contribution in [0.5, 0.6) is 0 Å². The maximum atomic E-state index is 11.2. The minimum atomic E-state index is -0.825. The molecule has 2 N–H and O–H groups in total. The Kier molecular flexibility index (Phi) is 10.5. The van der Waals surface area contributed by atoms with Crippen LogP contribution in [0.4, 0.5) is 4.79 Å². The number of carboxylic acid groups (broad SMARTS) is 1. The minimum Gasteiger partial charge on any atom is -0.481 e. The van der Waals surface area contributed by atoms with E-state index >= 15 is 0 Å². The van der Waals surface area contributed by atoms with Crippen molar-refractivity contribution >= 4 is 12.1 Å². The Labute approximate surface area is 187 Å². The second kappa shape index (κ2) is 12.3. The van der Waals surface area contributed by atoms with Crippen molar-refractivity contribution < 1.29 is 19.4 Å². The molecule has 0 fully saturated rings. The highest BCUT2D eigenvalue weighted by molar-refractivity contribution is 5.70. The number of amides is 1. The summed E-state index contributed by atoms with van der Waals surface area (Å²) >= 11 is 0. The SMILES string of the molecule is CCC(CCNC(=O)OC(C)(C)C)C(=O)O.CCC1=CCC(C)(c2ccccc2)C=C1. The van der Waals surface area contributed by atoms with Crippen LogP contribution in [0, 0.1) is 5.92 Å². The summed E-state index contributed by atoms with van der Waals surface area (Å²) in [6, 6.07) is 10.7. The van der Waals surface area contributed by atoms with Crippen molar-refractivity contribution in [2.45, 2.75) is 78.2 Å².